The summed E-state index contributed by atoms with van der Waals surface area (Å²) in [7, 11) is 1.85. The predicted molar refractivity (Wildman–Crippen MR) is 103 cm³/mol. The number of nitrogens with two attached hydrogens (primary N) is 1. The van der Waals surface area contributed by atoms with Crippen LogP contribution in [0.15, 0.2) is 30.5 Å². The van der Waals surface area contributed by atoms with E-state index in [-0.39, 0.29) is 6.42 Å². The van der Waals surface area contributed by atoms with Crippen molar-refractivity contribution in [3.05, 3.63) is 41.6 Å². The van der Waals surface area contributed by atoms with E-state index >= 15 is 0 Å². The highest BCUT2D eigenvalue weighted by molar-refractivity contribution is 5.86. The first-order valence-electron chi connectivity index (χ1n) is 8.99. The molecule has 0 saturated carbocycles. The van der Waals surface area contributed by atoms with Gasteiger partial charge in [-0.2, -0.15) is 15.1 Å². The quantitative estimate of drug-likeness (QED) is 0.706. The first kappa shape index (κ1) is 17.3. The Kier molecular flexibility index (Phi) is 4.39. The van der Waals surface area contributed by atoms with Gasteiger partial charge in [0.05, 0.1) is 18.0 Å². The molecule has 0 aliphatic carbocycles. The van der Waals surface area contributed by atoms with Crippen LogP contribution >= 0.6 is 0 Å². The number of fused-ring (bicyclic) bond motifs is 1. The maximum atomic E-state index is 10.8. The molecule has 0 radical (unpaired) electrons. The van der Waals surface area contributed by atoms with E-state index in [1.165, 1.54) is 5.56 Å². The summed E-state index contributed by atoms with van der Waals surface area (Å²) in [5.74, 6) is 0.810. The lowest BCUT2D eigenvalue weighted by Crippen LogP contribution is -2.23. The van der Waals surface area contributed by atoms with Crippen LogP contribution in [0.5, 0.6) is 0 Å². The minimum atomic E-state index is -0.807. The molecule has 1 fully saturated rings. The molecular formula is C19H22N6O2. The summed E-state index contributed by atoms with van der Waals surface area (Å²) in [6.07, 6.45) is 3.76. The smallest absolute Gasteiger partial charge is 0.307 e. The predicted octanol–water partition coefficient (Wildman–Crippen LogP) is 1.64. The molecule has 0 bridgehead atoms. The fraction of sp³-hybridized carbons (Fsp3) is 0.368. The Morgan fingerprint density at radius 3 is 2.74 bits per heavy atom. The van der Waals surface area contributed by atoms with Crippen LogP contribution in [0.3, 0.4) is 0 Å². The summed E-state index contributed by atoms with van der Waals surface area (Å²) >= 11 is 0. The zero-order valence-corrected chi connectivity index (χ0v) is 15.2. The van der Waals surface area contributed by atoms with Gasteiger partial charge in [0, 0.05) is 20.1 Å². The second kappa shape index (κ2) is 6.86. The van der Waals surface area contributed by atoms with Gasteiger partial charge in [0.1, 0.15) is 5.82 Å². The first-order chi connectivity index (χ1) is 13.0. The molecule has 1 aromatic carbocycles. The molecule has 8 heteroatoms. The Hall–Kier alpha value is -3.16. The monoisotopic (exact) mass is 366 g/mol. The van der Waals surface area contributed by atoms with Gasteiger partial charge in [-0.1, -0.05) is 24.3 Å². The van der Waals surface area contributed by atoms with Crippen molar-refractivity contribution < 1.29 is 9.90 Å². The molecule has 1 aliphatic rings. The Bertz CT molecular complexity index is 982. The van der Waals surface area contributed by atoms with Crippen molar-refractivity contribution >= 4 is 28.8 Å². The molecule has 4 rings (SSSR count). The summed E-state index contributed by atoms with van der Waals surface area (Å²) in [6.45, 7) is 1.77. The molecule has 1 aliphatic heterocycles. The highest BCUT2D eigenvalue weighted by Crippen LogP contribution is 2.27. The fourth-order valence-electron chi connectivity index (χ4n) is 3.66. The number of carboxylic acids is 1. The number of aryl methyl sites for hydroxylation is 1. The van der Waals surface area contributed by atoms with Crippen LogP contribution in [-0.4, -0.2) is 43.9 Å². The number of benzene rings is 1. The van der Waals surface area contributed by atoms with E-state index in [9.17, 15) is 4.79 Å². The molecule has 3 heterocycles. The maximum absolute atomic E-state index is 10.8. The highest BCUT2D eigenvalue weighted by Gasteiger charge is 2.25. The van der Waals surface area contributed by atoms with Gasteiger partial charge in [-0.25, -0.2) is 0 Å². The summed E-state index contributed by atoms with van der Waals surface area (Å²) in [5.41, 5.74) is 8.86. The average Bonchev–Trinajstić information content (AvgIpc) is 3.24. The second-order valence-electron chi connectivity index (χ2n) is 7.11. The van der Waals surface area contributed by atoms with Gasteiger partial charge in [-0.05, 0) is 29.9 Å². The molecule has 0 amide bonds. The molecule has 1 unspecified atom stereocenters. The average molecular weight is 366 g/mol. The summed E-state index contributed by atoms with van der Waals surface area (Å²) in [5, 5.41) is 13.8. The molecule has 2 aromatic heterocycles. The molecular weight excluding hydrogens is 344 g/mol. The van der Waals surface area contributed by atoms with Crippen LogP contribution in [0.4, 0.5) is 11.8 Å². The van der Waals surface area contributed by atoms with Crippen LogP contribution in [0.2, 0.25) is 0 Å². The molecule has 140 valence electrons. The number of carbonyl (C=O) groups is 1. The molecule has 27 heavy (non-hydrogen) atoms. The van der Waals surface area contributed by atoms with E-state index in [1.54, 1.807) is 10.9 Å². The van der Waals surface area contributed by atoms with E-state index in [2.05, 4.69) is 20.0 Å². The minimum Gasteiger partial charge on any atom is -0.481 e. The van der Waals surface area contributed by atoms with Crippen molar-refractivity contribution in [2.45, 2.75) is 19.3 Å². The van der Waals surface area contributed by atoms with Gasteiger partial charge >= 0.3 is 5.97 Å². The van der Waals surface area contributed by atoms with E-state index in [0.29, 0.717) is 17.7 Å². The van der Waals surface area contributed by atoms with Crippen molar-refractivity contribution in [2.24, 2.45) is 13.0 Å². The Balaban J connectivity index is 1.44. The summed E-state index contributed by atoms with van der Waals surface area (Å²) in [4.78, 5) is 22.1. The van der Waals surface area contributed by atoms with Crippen LogP contribution in [0.1, 0.15) is 17.5 Å². The molecule has 1 saturated heterocycles. The second-order valence-corrected chi connectivity index (χ2v) is 7.11. The van der Waals surface area contributed by atoms with Crippen LogP contribution in [0, 0.1) is 5.92 Å². The lowest BCUT2D eigenvalue weighted by molar-refractivity contribution is -0.136. The third kappa shape index (κ3) is 3.55. The van der Waals surface area contributed by atoms with Gasteiger partial charge in [0.2, 0.25) is 5.95 Å². The Morgan fingerprint density at radius 2 is 2.00 bits per heavy atom. The van der Waals surface area contributed by atoms with E-state index < -0.39 is 5.97 Å². The number of rotatable bonds is 5. The van der Waals surface area contributed by atoms with Crippen LogP contribution < -0.4 is 10.6 Å². The molecule has 8 nitrogen and oxygen atoms in total. The summed E-state index contributed by atoms with van der Waals surface area (Å²) in [6, 6.07) is 7.85. The SMILES string of the molecule is Cn1ncc2c(N)nc(N3CCC(Cc4ccc(CC(=O)O)cc4)C3)nc21. The third-order valence-electron chi connectivity index (χ3n) is 5.08. The maximum Gasteiger partial charge on any atom is 0.307 e. The summed E-state index contributed by atoms with van der Waals surface area (Å²) < 4.78 is 1.71. The zero-order chi connectivity index (χ0) is 19.0. The van der Waals surface area contributed by atoms with Crippen LogP contribution in [-0.2, 0) is 24.7 Å². The minimum absolute atomic E-state index is 0.0622. The van der Waals surface area contributed by atoms with Gasteiger partial charge in [-0.15, -0.1) is 0 Å². The first-order valence-corrected chi connectivity index (χ1v) is 8.99. The Morgan fingerprint density at radius 1 is 1.26 bits per heavy atom. The standard InChI is InChI=1S/C19H22N6O2/c1-24-18-15(10-21-24)17(20)22-19(23-18)25-7-6-14(11-25)8-12-2-4-13(5-3-12)9-16(26)27/h2-5,10,14H,6-9,11H2,1H3,(H,26,27)(H2,20,22,23). The number of aliphatic carboxylic acids is 1. The van der Waals surface area contributed by atoms with Crippen molar-refractivity contribution in [3.8, 4) is 0 Å². The highest BCUT2D eigenvalue weighted by atomic mass is 16.4. The number of aromatic nitrogens is 4. The molecule has 3 aromatic rings. The van der Waals surface area contributed by atoms with Gasteiger partial charge in [0.15, 0.2) is 5.65 Å². The number of nitrogens with zero attached hydrogens (tertiary/aromatic N) is 5. The Labute approximate surface area is 156 Å². The van der Waals surface area contributed by atoms with Crippen molar-refractivity contribution in [2.75, 3.05) is 23.7 Å². The van der Waals surface area contributed by atoms with Crippen molar-refractivity contribution in [1.82, 2.24) is 19.7 Å². The lowest BCUT2D eigenvalue weighted by atomic mass is 9.97. The zero-order valence-electron chi connectivity index (χ0n) is 15.2. The molecule has 3 N–H and O–H groups in total. The van der Waals surface area contributed by atoms with Gasteiger partial charge in [0.25, 0.3) is 0 Å². The topological polar surface area (TPSA) is 110 Å². The molecule has 0 spiro atoms. The van der Waals surface area contributed by atoms with E-state index in [0.717, 1.165) is 42.5 Å². The fourth-order valence-corrected chi connectivity index (χ4v) is 3.66. The van der Waals surface area contributed by atoms with E-state index in [4.69, 9.17) is 10.8 Å². The van der Waals surface area contributed by atoms with Gasteiger partial charge in [-0.3, -0.25) is 9.48 Å². The lowest BCUT2D eigenvalue weighted by Gasteiger charge is -2.17. The van der Waals surface area contributed by atoms with Gasteiger partial charge < -0.3 is 15.7 Å². The van der Waals surface area contributed by atoms with E-state index in [1.807, 2.05) is 31.3 Å². The number of anilines is 2. The number of nitrogen functional groups attached to an aromatic ring is 1. The third-order valence-corrected chi connectivity index (χ3v) is 5.08. The van der Waals surface area contributed by atoms with Crippen molar-refractivity contribution in [1.29, 1.82) is 0 Å². The molecule has 1 atom stereocenters. The largest absolute Gasteiger partial charge is 0.481 e. The number of hydrogen-bond donors (Lipinski definition) is 2. The number of carboxylic acid groups (broad SMARTS) is 1. The van der Waals surface area contributed by atoms with Crippen LogP contribution in [0.25, 0.3) is 11.0 Å². The van der Waals surface area contributed by atoms with Crippen molar-refractivity contribution in [3.63, 3.8) is 0 Å². The number of hydrogen-bond acceptors (Lipinski definition) is 6. The normalized spacial score (nSPS) is 16.9.